The number of pyridine rings is 1. The van der Waals surface area contributed by atoms with Crippen LogP contribution in [0.1, 0.15) is 43.4 Å². The van der Waals surface area contributed by atoms with Gasteiger partial charge in [-0.1, -0.05) is 90.8 Å². The molecule has 3 aromatic rings. The van der Waals surface area contributed by atoms with Crippen LogP contribution >= 0.6 is 27.5 Å². The Hall–Kier alpha value is -1.94. The van der Waals surface area contributed by atoms with Crippen LogP contribution < -0.4 is 9.47 Å². The highest BCUT2D eigenvalue weighted by molar-refractivity contribution is 9.10. The maximum atomic E-state index is 13.6. The SMILES string of the molecule is COc1nc(Cl)cc2c1C1(O)C(O[Si](C)(C)C(C)(C)C)C(CN(C)C)C(c3ccccc3)C1(c1ccc(Br)cc1)O2. The van der Waals surface area contributed by atoms with E-state index in [1.54, 1.807) is 13.2 Å². The Morgan fingerprint density at radius 3 is 2.29 bits per heavy atom. The van der Waals surface area contributed by atoms with Crippen molar-refractivity contribution in [2.24, 2.45) is 5.92 Å². The lowest BCUT2D eigenvalue weighted by atomic mass is 9.71. The van der Waals surface area contributed by atoms with Crippen molar-refractivity contribution < 1.29 is 19.0 Å². The molecule has 1 saturated carbocycles. The van der Waals surface area contributed by atoms with Crippen molar-refractivity contribution in [1.29, 1.82) is 0 Å². The molecule has 1 aliphatic carbocycles. The van der Waals surface area contributed by atoms with E-state index in [2.05, 4.69) is 85.9 Å². The number of ether oxygens (including phenoxy) is 2. The molecule has 2 aliphatic rings. The molecule has 5 atom stereocenters. The maximum Gasteiger partial charge on any atom is 0.224 e. The summed E-state index contributed by atoms with van der Waals surface area (Å²) in [6, 6.07) is 20.1. The lowest BCUT2D eigenvalue weighted by Crippen LogP contribution is -2.56. The van der Waals surface area contributed by atoms with Crippen molar-refractivity contribution in [2.45, 2.75) is 62.1 Å². The number of aromatic nitrogens is 1. The average molecular weight is 660 g/mol. The Morgan fingerprint density at radius 1 is 1.10 bits per heavy atom. The van der Waals surface area contributed by atoms with E-state index in [9.17, 15) is 5.11 Å². The molecule has 9 heteroatoms. The van der Waals surface area contributed by atoms with Gasteiger partial charge in [-0.15, -0.1) is 0 Å². The summed E-state index contributed by atoms with van der Waals surface area (Å²) in [5.41, 5.74) is -0.525. The van der Waals surface area contributed by atoms with Gasteiger partial charge in [0.2, 0.25) is 5.88 Å². The zero-order valence-electron chi connectivity index (χ0n) is 25.0. The molecule has 2 aromatic carbocycles. The van der Waals surface area contributed by atoms with E-state index < -0.39 is 25.6 Å². The van der Waals surface area contributed by atoms with E-state index in [1.165, 1.54) is 0 Å². The number of fused-ring (bicyclic) bond motifs is 3. The van der Waals surface area contributed by atoms with Crippen LogP contribution in [0.3, 0.4) is 0 Å². The molecule has 2 heterocycles. The maximum absolute atomic E-state index is 13.6. The molecular formula is C32H40BrClN2O4Si. The van der Waals surface area contributed by atoms with E-state index >= 15 is 0 Å². The van der Waals surface area contributed by atoms with E-state index in [-0.39, 0.29) is 27.9 Å². The minimum atomic E-state index is -2.43. The number of halogens is 2. The predicted octanol–water partition coefficient (Wildman–Crippen LogP) is 7.35. The first-order valence-electron chi connectivity index (χ1n) is 14.0. The largest absolute Gasteiger partial charge is 0.481 e. The van der Waals surface area contributed by atoms with Crippen LogP contribution in [0.25, 0.3) is 0 Å². The molecule has 220 valence electrons. The molecular weight excluding hydrogens is 620 g/mol. The van der Waals surface area contributed by atoms with Gasteiger partial charge in [0.25, 0.3) is 0 Å². The van der Waals surface area contributed by atoms with Gasteiger partial charge in [-0.3, -0.25) is 0 Å². The average Bonchev–Trinajstić information content (AvgIpc) is 3.25. The zero-order chi connectivity index (χ0) is 30.0. The summed E-state index contributed by atoms with van der Waals surface area (Å²) in [6.45, 7) is 11.8. The summed E-state index contributed by atoms with van der Waals surface area (Å²) < 4.78 is 21.2. The third-order valence-corrected chi connectivity index (χ3v) is 14.4. The zero-order valence-corrected chi connectivity index (χ0v) is 28.4. The van der Waals surface area contributed by atoms with Crippen molar-refractivity contribution in [3.05, 3.63) is 87.0 Å². The number of rotatable bonds is 7. The summed E-state index contributed by atoms with van der Waals surface area (Å²) in [5, 5.41) is 13.8. The minimum absolute atomic E-state index is 0.0955. The lowest BCUT2D eigenvalue weighted by Gasteiger charge is -2.45. The molecule has 5 unspecified atom stereocenters. The number of aliphatic hydroxyl groups is 1. The molecule has 0 radical (unpaired) electrons. The van der Waals surface area contributed by atoms with Crippen LogP contribution in [0.15, 0.2) is 65.1 Å². The first-order chi connectivity index (χ1) is 19.2. The highest BCUT2D eigenvalue weighted by Gasteiger charge is 2.78. The molecule has 0 saturated heterocycles. The molecule has 1 N–H and O–H groups in total. The van der Waals surface area contributed by atoms with Crippen LogP contribution in [-0.4, -0.2) is 57.2 Å². The highest BCUT2D eigenvalue weighted by Crippen LogP contribution is 2.71. The molecule has 5 rings (SSSR count). The van der Waals surface area contributed by atoms with Crippen LogP contribution in [-0.2, 0) is 15.6 Å². The lowest BCUT2D eigenvalue weighted by molar-refractivity contribution is -0.148. The molecule has 0 amide bonds. The smallest absolute Gasteiger partial charge is 0.224 e. The molecule has 1 aromatic heterocycles. The van der Waals surface area contributed by atoms with Gasteiger partial charge in [-0.25, -0.2) is 4.98 Å². The number of benzene rings is 2. The first kappa shape index (κ1) is 30.5. The van der Waals surface area contributed by atoms with Gasteiger partial charge in [0.05, 0.1) is 18.8 Å². The van der Waals surface area contributed by atoms with Crippen LogP contribution in [0.5, 0.6) is 11.6 Å². The molecule has 0 bridgehead atoms. The monoisotopic (exact) mass is 658 g/mol. The topological polar surface area (TPSA) is 64.0 Å². The second kappa shape index (κ2) is 10.6. The summed E-state index contributed by atoms with van der Waals surface area (Å²) >= 11 is 10.1. The van der Waals surface area contributed by atoms with Crippen LogP contribution in [0.2, 0.25) is 23.3 Å². The quantitative estimate of drug-likeness (QED) is 0.212. The van der Waals surface area contributed by atoms with Gasteiger partial charge < -0.3 is 23.9 Å². The summed E-state index contributed by atoms with van der Waals surface area (Å²) in [5.74, 6) is 0.266. The van der Waals surface area contributed by atoms with Crippen LogP contribution in [0.4, 0.5) is 0 Å². The van der Waals surface area contributed by atoms with Gasteiger partial charge in [0.1, 0.15) is 10.9 Å². The van der Waals surface area contributed by atoms with E-state index in [4.69, 9.17) is 25.5 Å². The Kier molecular flexibility index (Phi) is 7.92. The Balaban J connectivity index is 1.91. The Labute approximate surface area is 258 Å². The third-order valence-electron chi connectivity index (χ3n) is 9.23. The molecule has 0 spiro atoms. The fourth-order valence-corrected chi connectivity index (χ4v) is 8.29. The predicted molar refractivity (Wildman–Crippen MR) is 169 cm³/mol. The fourth-order valence-electron chi connectivity index (χ4n) is 6.52. The van der Waals surface area contributed by atoms with Crippen molar-refractivity contribution in [3.63, 3.8) is 0 Å². The minimum Gasteiger partial charge on any atom is -0.481 e. The molecule has 6 nitrogen and oxygen atoms in total. The Bertz CT molecular complexity index is 1420. The standard InChI is InChI=1S/C32H40BrClN2O4Si/c1-30(2,3)41(7,8)40-28-23(19-36(4)5)26(20-12-10-9-11-13-20)32(21-14-16-22(33)17-15-21)31(28,37)27-24(39-32)18-25(34)35-29(27)38-6/h9-18,23,26,28,37H,19H2,1-8H3. The molecule has 41 heavy (non-hydrogen) atoms. The van der Waals surface area contributed by atoms with Gasteiger partial charge >= 0.3 is 0 Å². The van der Waals surface area contributed by atoms with Crippen molar-refractivity contribution in [1.82, 2.24) is 9.88 Å². The van der Waals surface area contributed by atoms with Crippen molar-refractivity contribution in [3.8, 4) is 11.6 Å². The second-order valence-corrected chi connectivity index (χ2v) is 19.1. The van der Waals surface area contributed by atoms with E-state index in [0.717, 1.165) is 15.6 Å². The van der Waals surface area contributed by atoms with Crippen molar-refractivity contribution in [2.75, 3.05) is 27.7 Å². The van der Waals surface area contributed by atoms with Gasteiger partial charge in [-0.2, -0.15) is 0 Å². The fraction of sp³-hybridized carbons (Fsp3) is 0.469. The highest BCUT2D eigenvalue weighted by atomic mass is 79.9. The Morgan fingerprint density at radius 2 is 1.73 bits per heavy atom. The number of nitrogens with zero attached hydrogens (tertiary/aromatic N) is 2. The van der Waals surface area contributed by atoms with Crippen LogP contribution in [0, 0.1) is 5.92 Å². The summed E-state index contributed by atoms with van der Waals surface area (Å²) in [4.78, 5) is 6.68. The van der Waals surface area contributed by atoms with E-state index in [1.807, 2.05) is 42.5 Å². The number of hydrogen-bond donors (Lipinski definition) is 1. The van der Waals surface area contributed by atoms with Crippen molar-refractivity contribution >= 4 is 35.8 Å². The van der Waals surface area contributed by atoms with Gasteiger partial charge in [-0.05, 0) is 55.5 Å². The first-order valence-corrected chi connectivity index (χ1v) is 18.0. The summed E-state index contributed by atoms with van der Waals surface area (Å²) in [6.07, 6.45) is -0.641. The van der Waals surface area contributed by atoms with Gasteiger partial charge in [0.15, 0.2) is 19.5 Å². The molecule has 1 aliphatic heterocycles. The van der Waals surface area contributed by atoms with E-state index in [0.29, 0.717) is 17.9 Å². The second-order valence-electron chi connectivity index (χ2n) is 13.1. The summed E-state index contributed by atoms with van der Waals surface area (Å²) in [7, 11) is 3.24. The number of hydrogen-bond acceptors (Lipinski definition) is 6. The van der Waals surface area contributed by atoms with Gasteiger partial charge in [0, 0.05) is 28.9 Å². The normalized spacial score (nSPS) is 27.5. The molecule has 1 fully saturated rings. The third kappa shape index (κ3) is 4.75. The number of methoxy groups -OCH3 is 1.